The first-order valence-corrected chi connectivity index (χ1v) is 11.9. The van der Waals surface area contributed by atoms with Gasteiger partial charge in [-0.1, -0.05) is 40.1 Å². The van der Waals surface area contributed by atoms with Crippen LogP contribution in [0.3, 0.4) is 0 Å². The number of aryl methyl sites for hydroxylation is 1. The molecule has 2 N–H and O–H groups in total. The maximum absolute atomic E-state index is 13.4. The lowest BCUT2D eigenvalue weighted by molar-refractivity contribution is -0.135. The molecule has 33 heavy (non-hydrogen) atoms. The van der Waals surface area contributed by atoms with Crippen molar-refractivity contribution in [3.05, 3.63) is 74.6 Å². The number of imide groups is 1. The Morgan fingerprint density at radius 3 is 2.70 bits per heavy atom. The summed E-state index contributed by atoms with van der Waals surface area (Å²) in [6.45, 7) is 1.58. The number of hydrogen-bond donors (Lipinski definition) is 2. The van der Waals surface area contributed by atoms with Gasteiger partial charge in [0.05, 0.1) is 16.6 Å². The number of anilines is 1. The number of benzene rings is 2. The number of amides is 2. The van der Waals surface area contributed by atoms with Crippen LogP contribution in [0.25, 0.3) is 17.0 Å². The van der Waals surface area contributed by atoms with Gasteiger partial charge in [0.15, 0.2) is 10.4 Å². The Bertz CT molecular complexity index is 1420. The molecule has 1 aliphatic rings. The molecule has 9 nitrogen and oxygen atoms in total. The van der Waals surface area contributed by atoms with E-state index in [1.807, 2.05) is 0 Å². The molecule has 2 unspecified atom stereocenters. The number of nitrogens with zero attached hydrogens (tertiary/aromatic N) is 2. The zero-order chi connectivity index (χ0) is 23.8. The predicted molar refractivity (Wildman–Crippen MR) is 125 cm³/mol. The van der Waals surface area contributed by atoms with Gasteiger partial charge in [0.25, 0.3) is 5.56 Å². The first-order valence-electron chi connectivity index (χ1n) is 9.97. The van der Waals surface area contributed by atoms with Crippen molar-refractivity contribution in [2.24, 2.45) is 0 Å². The second-order valence-electron chi connectivity index (χ2n) is 7.47. The smallest absolute Gasteiger partial charge is 0.264 e. The molecule has 2 aromatic carbocycles. The van der Waals surface area contributed by atoms with E-state index < -0.39 is 33.8 Å². The molecule has 2 heterocycles. The number of piperidine rings is 1. The molecule has 1 aliphatic heterocycles. The van der Waals surface area contributed by atoms with E-state index in [2.05, 4.69) is 15.0 Å². The lowest BCUT2D eigenvalue weighted by Crippen LogP contribution is -2.45. The summed E-state index contributed by atoms with van der Waals surface area (Å²) in [5.74, 6) is -0.728. The van der Waals surface area contributed by atoms with Gasteiger partial charge >= 0.3 is 0 Å². The van der Waals surface area contributed by atoms with Crippen LogP contribution in [0.4, 0.5) is 5.69 Å². The summed E-state index contributed by atoms with van der Waals surface area (Å²) in [7, 11) is -4.01. The largest absolute Gasteiger partial charge is 0.589 e. The van der Waals surface area contributed by atoms with Gasteiger partial charge in [0.2, 0.25) is 11.8 Å². The molecule has 4 rings (SSSR count). The van der Waals surface area contributed by atoms with Crippen molar-refractivity contribution in [3.8, 4) is 0 Å². The van der Waals surface area contributed by atoms with E-state index in [-0.39, 0.29) is 35.3 Å². The number of sulfonamides is 1. The van der Waals surface area contributed by atoms with Crippen molar-refractivity contribution < 1.29 is 18.4 Å². The molecule has 1 saturated heterocycles. The molecule has 0 radical (unpaired) electrons. The van der Waals surface area contributed by atoms with Crippen molar-refractivity contribution in [1.29, 1.82) is 0 Å². The Morgan fingerprint density at radius 1 is 1.21 bits per heavy atom. The van der Waals surface area contributed by atoms with Gasteiger partial charge in [-0.25, -0.2) is 9.71 Å². The van der Waals surface area contributed by atoms with E-state index in [1.54, 1.807) is 43.3 Å². The molecule has 0 saturated carbocycles. The summed E-state index contributed by atoms with van der Waals surface area (Å²) < 4.78 is 29.0. The van der Waals surface area contributed by atoms with E-state index in [1.165, 1.54) is 16.7 Å². The minimum absolute atomic E-state index is 0.0162. The second-order valence-corrected chi connectivity index (χ2v) is 9.45. The van der Waals surface area contributed by atoms with E-state index in [0.29, 0.717) is 10.6 Å². The number of rotatable bonds is 5. The number of carbonyl (C=O) groups excluding carboxylic acids is 2. The van der Waals surface area contributed by atoms with Gasteiger partial charge in [-0.05, 0) is 43.2 Å². The van der Waals surface area contributed by atoms with Crippen LogP contribution in [0.2, 0.25) is 5.02 Å². The maximum Gasteiger partial charge on any atom is 0.264 e. The standard InChI is InChI=1S/C22H19ClN4O5S/c1-13-24-16-7-4-8-17(26-33(31,32)12-11-14-5-2-3-6-15(14)23)20(16)22(30)27(13)18-9-10-19(28)25-21(18)29/h2-8,11-12,18H,9-10H2,1H3,(H2-,25,26,28,29,30,31,32). The Labute approximate surface area is 194 Å². The zero-order valence-corrected chi connectivity index (χ0v) is 19.0. The lowest BCUT2D eigenvalue weighted by Gasteiger charge is -2.24. The van der Waals surface area contributed by atoms with Crippen LogP contribution in [0.5, 0.6) is 0 Å². The maximum atomic E-state index is 13.4. The highest BCUT2D eigenvalue weighted by atomic mass is 35.5. The molecule has 1 aromatic heterocycles. The first-order chi connectivity index (χ1) is 15.7. The fraction of sp³-hybridized carbons (Fsp3) is 0.182. The van der Waals surface area contributed by atoms with Crippen LogP contribution in [-0.4, -0.2) is 25.9 Å². The van der Waals surface area contributed by atoms with Crippen LogP contribution in [0, 0.1) is 6.92 Å². The van der Waals surface area contributed by atoms with Crippen molar-refractivity contribution >= 4 is 56.5 Å². The van der Waals surface area contributed by atoms with Gasteiger partial charge < -0.3 is 4.55 Å². The number of hydrogen-bond acceptors (Lipinski definition) is 6. The van der Waals surface area contributed by atoms with Gasteiger partial charge in [-0.15, -0.1) is 0 Å². The third kappa shape index (κ3) is 4.72. The predicted octanol–water partition coefficient (Wildman–Crippen LogP) is 2.96. The molecule has 11 heteroatoms. The summed E-state index contributed by atoms with van der Waals surface area (Å²) in [4.78, 5) is 41.6. The van der Waals surface area contributed by atoms with Gasteiger partial charge in [-0.3, -0.25) is 24.3 Å². The molecule has 170 valence electrons. The minimum Gasteiger partial charge on any atom is -0.589 e. The molecular weight excluding hydrogens is 468 g/mol. The van der Waals surface area contributed by atoms with Crippen LogP contribution < -0.4 is 15.6 Å². The van der Waals surface area contributed by atoms with Crippen LogP contribution in [0.15, 0.2) is 52.7 Å². The van der Waals surface area contributed by atoms with Crippen molar-refractivity contribution in [2.45, 2.75) is 25.8 Å². The quantitative estimate of drug-likeness (QED) is 0.420. The van der Waals surface area contributed by atoms with E-state index >= 15 is 0 Å². The molecule has 2 atom stereocenters. The Hall–Kier alpha value is -3.34. The topological polar surface area (TPSA) is 133 Å². The molecule has 2 amide bonds. The molecule has 0 bridgehead atoms. The van der Waals surface area contributed by atoms with Gasteiger partial charge in [0.1, 0.15) is 17.3 Å². The zero-order valence-electron chi connectivity index (χ0n) is 17.4. The fourth-order valence-corrected chi connectivity index (χ4v) is 4.76. The Morgan fingerprint density at radius 2 is 1.97 bits per heavy atom. The van der Waals surface area contributed by atoms with E-state index in [0.717, 1.165) is 5.41 Å². The summed E-state index contributed by atoms with van der Waals surface area (Å²) in [6, 6.07) is 10.4. The number of halogens is 1. The number of aromatic nitrogens is 2. The number of nitrogens with one attached hydrogen (secondary N) is 2. The highest BCUT2D eigenvalue weighted by molar-refractivity contribution is 8.01. The summed E-state index contributed by atoms with van der Waals surface area (Å²) in [6.07, 6.45) is 1.58. The summed E-state index contributed by atoms with van der Waals surface area (Å²) in [5, 5.41) is 3.58. The number of fused-ring (bicyclic) bond motifs is 1. The molecule has 1 fully saturated rings. The Balaban J connectivity index is 1.75. The van der Waals surface area contributed by atoms with Crippen molar-refractivity contribution in [3.63, 3.8) is 0 Å². The van der Waals surface area contributed by atoms with Crippen LogP contribution in [0.1, 0.15) is 30.3 Å². The lowest BCUT2D eigenvalue weighted by atomic mass is 10.1. The van der Waals surface area contributed by atoms with Crippen molar-refractivity contribution in [2.75, 3.05) is 4.72 Å². The van der Waals surface area contributed by atoms with Gasteiger partial charge in [-0.2, -0.15) is 0 Å². The highest BCUT2D eigenvalue weighted by Crippen LogP contribution is 2.25. The van der Waals surface area contributed by atoms with Crippen LogP contribution in [-0.2, 0) is 24.2 Å². The third-order valence-corrected chi connectivity index (χ3v) is 6.56. The van der Waals surface area contributed by atoms with Gasteiger partial charge in [0, 0.05) is 11.4 Å². The summed E-state index contributed by atoms with van der Waals surface area (Å²) >= 11 is 6.07. The molecular formula is C22H19ClN4O5S. The minimum atomic E-state index is -4.01. The Kier molecular flexibility index (Phi) is 6.15. The molecule has 3 aromatic rings. The third-order valence-electron chi connectivity index (χ3n) is 5.21. The summed E-state index contributed by atoms with van der Waals surface area (Å²) in [5.41, 5.74) is 0.228. The van der Waals surface area contributed by atoms with E-state index in [4.69, 9.17) is 11.6 Å². The molecule has 0 spiro atoms. The first kappa shape index (κ1) is 22.8. The average molecular weight is 487 g/mol. The monoisotopic (exact) mass is 486 g/mol. The second kappa shape index (κ2) is 8.89. The number of carbonyl (C=O) groups is 2. The van der Waals surface area contributed by atoms with E-state index in [9.17, 15) is 23.1 Å². The SMILES string of the molecule is Cc1nc2cccc(N[S+](=O)([O-])C=Cc3ccccc3Cl)c2c(=O)n1C1CCC(=O)NC1=O. The molecule has 0 aliphatic carbocycles. The fourth-order valence-electron chi connectivity index (χ4n) is 3.69. The average Bonchev–Trinajstić information content (AvgIpc) is 2.74. The van der Waals surface area contributed by atoms with Crippen LogP contribution >= 0.6 is 11.6 Å². The van der Waals surface area contributed by atoms with Crippen molar-refractivity contribution in [1.82, 2.24) is 14.9 Å². The highest BCUT2D eigenvalue weighted by Gasteiger charge is 2.31. The normalized spacial score (nSPS) is 18.3.